The third kappa shape index (κ3) is 4.40. The molecule has 4 rings (SSSR count). The number of carbonyl (C=O) groups is 1. The maximum atomic E-state index is 14.6. The van der Waals surface area contributed by atoms with Crippen molar-refractivity contribution in [2.24, 2.45) is 0 Å². The number of rotatable bonds is 5. The highest BCUT2D eigenvalue weighted by Gasteiger charge is 2.34. The van der Waals surface area contributed by atoms with E-state index in [0.29, 0.717) is 47.5 Å². The summed E-state index contributed by atoms with van der Waals surface area (Å²) in [4.78, 5) is 16.6. The van der Waals surface area contributed by atoms with Crippen molar-refractivity contribution in [3.8, 4) is 22.8 Å². The molecule has 0 spiro atoms. The number of hydrogen-bond donors (Lipinski definition) is 2. The molecule has 0 fully saturated rings. The second-order valence-electron chi connectivity index (χ2n) is 7.81. The Morgan fingerprint density at radius 3 is 2.71 bits per heavy atom. The summed E-state index contributed by atoms with van der Waals surface area (Å²) in [7, 11) is 0. The van der Waals surface area contributed by atoms with E-state index in [1.165, 1.54) is 15.8 Å². The van der Waals surface area contributed by atoms with Gasteiger partial charge in [-0.1, -0.05) is 0 Å². The monoisotopic (exact) mass is 480 g/mol. The lowest BCUT2D eigenvalue weighted by Gasteiger charge is -2.34. The van der Waals surface area contributed by atoms with Crippen LogP contribution in [-0.4, -0.2) is 43.7 Å². The number of anilines is 1. The molecule has 1 amide bonds. The molecule has 34 heavy (non-hydrogen) atoms. The molecule has 8 nitrogen and oxygen atoms in total. The molecular weight excluding hydrogens is 460 g/mol. The van der Waals surface area contributed by atoms with E-state index < -0.39 is 29.5 Å². The lowest BCUT2D eigenvalue weighted by molar-refractivity contribution is -0.138. The number of ether oxygens (including phenoxy) is 1. The Balaban J connectivity index is 1.85. The molecule has 0 radical (unpaired) electrons. The van der Waals surface area contributed by atoms with Crippen molar-refractivity contribution >= 4 is 11.8 Å². The Morgan fingerprint density at radius 2 is 2.06 bits per heavy atom. The zero-order valence-corrected chi connectivity index (χ0v) is 17.9. The Labute approximate surface area is 191 Å². The highest BCUT2D eigenvalue weighted by atomic mass is 19.4. The topological polar surface area (TPSA) is 101 Å². The number of pyridine rings is 1. The van der Waals surface area contributed by atoms with Crippen molar-refractivity contribution < 1.29 is 37.3 Å². The minimum Gasteiger partial charge on any atom is -0.465 e. The first-order chi connectivity index (χ1) is 16.1. The molecule has 180 valence electrons. The molecule has 1 aliphatic rings. The largest absolute Gasteiger partial charge is 0.465 e. The first kappa shape index (κ1) is 23.5. The third-order valence-corrected chi connectivity index (χ3v) is 5.56. The van der Waals surface area contributed by atoms with Crippen molar-refractivity contribution in [2.45, 2.75) is 38.5 Å². The average Bonchev–Trinajstić information content (AvgIpc) is 3.22. The average molecular weight is 480 g/mol. The predicted molar refractivity (Wildman–Crippen MR) is 112 cm³/mol. The molecular formula is C22H20F4N4O4. The van der Waals surface area contributed by atoms with Gasteiger partial charge < -0.3 is 14.9 Å². The van der Waals surface area contributed by atoms with Gasteiger partial charge in [-0.2, -0.15) is 18.3 Å². The van der Waals surface area contributed by atoms with Gasteiger partial charge in [0.1, 0.15) is 5.75 Å². The fourth-order valence-electron chi connectivity index (χ4n) is 3.92. The van der Waals surface area contributed by atoms with Gasteiger partial charge in [-0.25, -0.2) is 14.2 Å². The number of hydrogen-bond acceptors (Lipinski definition) is 5. The van der Waals surface area contributed by atoms with Gasteiger partial charge in [0.15, 0.2) is 5.82 Å². The van der Waals surface area contributed by atoms with Crippen molar-refractivity contribution in [3.05, 3.63) is 53.7 Å². The number of aliphatic hydroxyl groups is 1. The second kappa shape index (κ2) is 8.93. The van der Waals surface area contributed by atoms with Crippen molar-refractivity contribution in [2.75, 3.05) is 11.5 Å². The van der Waals surface area contributed by atoms with Crippen LogP contribution in [0.4, 0.5) is 28.0 Å². The van der Waals surface area contributed by atoms with E-state index in [0.717, 1.165) is 0 Å². The van der Waals surface area contributed by atoms with Gasteiger partial charge in [0.25, 0.3) is 5.88 Å². The molecule has 1 aliphatic heterocycles. The Kier molecular flexibility index (Phi) is 6.17. The normalized spacial score (nSPS) is 15.8. The Bertz CT molecular complexity index is 1230. The number of amides is 1. The maximum absolute atomic E-state index is 14.6. The van der Waals surface area contributed by atoms with E-state index in [9.17, 15) is 27.5 Å². The number of benzene rings is 1. The summed E-state index contributed by atoms with van der Waals surface area (Å²) in [5, 5.41) is 23.0. The van der Waals surface area contributed by atoms with Crippen molar-refractivity contribution in [1.29, 1.82) is 0 Å². The van der Waals surface area contributed by atoms with Crippen LogP contribution in [0.15, 0.2) is 36.8 Å². The minimum absolute atomic E-state index is 0.0744. The van der Waals surface area contributed by atoms with E-state index in [1.54, 1.807) is 25.3 Å². The maximum Gasteiger partial charge on any atom is 0.417 e. The van der Waals surface area contributed by atoms with Crippen LogP contribution < -0.4 is 9.64 Å². The van der Waals surface area contributed by atoms with Gasteiger partial charge in [0.2, 0.25) is 0 Å². The lowest BCUT2D eigenvalue weighted by atomic mass is 9.92. The van der Waals surface area contributed by atoms with Crippen LogP contribution in [0, 0.1) is 5.82 Å². The SMILES string of the molecule is C[C@H]1CCc2c(ccc(-c3cnn(CCO)c3)c2Oc2ncc(C(F)(F)F)cc2F)N1C(=O)O. The summed E-state index contributed by atoms with van der Waals surface area (Å²) in [5.74, 6) is -1.91. The number of halogens is 4. The second-order valence-corrected chi connectivity index (χ2v) is 7.81. The zero-order chi connectivity index (χ0) is 24.6. The summed E-state index contributed by atoms with van der Waals surface area (Å²) in [6, 6.07) is 3.14. The first-order valence-electron chi connectivity index (χ1n) is 10.3. The number of aromatic nitrogens is 3. The van der Waals surface area contributed by atoms with Crippen LogP contribution in [0.3, 0.4) is 0 Å². The van der Waals surface area contributed by atoms with E-state index in [2.05, 4.69) is 10.1 Å². The first-order valence-corrected chi connectivity index (χ1v) is 10.3. The molecule has 1 aromatic carbocycles. The molecule has 1 atom stereocenters. The molecule has 0 saturated heterocycles. The van der Waals surface area contributed by atoms with E-state index in [4.69, 9.17) is 9.84 Å². The standard InChI is InChI=1S/C22H20F4N4O4/c1-12-2-3-16-18(30(12)21(32)33)5-4-15(13-9-28-29(11-13)6-7-31)19(16)34-20-17(23)8-14(10-27-20)22(24,25)26/h4-5,8-12,31H,2-3,6-7H2,1H3,(H,32,33)/t12-/m0/s1. The van der Waals surface area contributed by atoms with E-state index >= 15 is 0 Å². The summed E-state index contributed by atoms with van der Waals surface area (Å²) in [6.07, 6.45) is -1.55. The fraction of sp³-hybridized carbons (Fsp3) is 0.318. The van der Waals surface area contributed by atoms with Gasteiger partial charge in [-0.3, -0.25) is 9.58 Å². The molecule has 3 aromatic rings. The van der Waals surface area contributed by atoms with Crippen LogP contribution in [0.5, 0.6) is 11.6 Å². The Morgan fingerprint density at radius 1 is 1.29 bits per heavy atom. The molecule has 0 unspecified atom stereocenters. The molecule has 12 heteroatoms. The van der Waals surface area contributed by atoms with Crippen molar-refractivity contribution in [3.63, 3.8) is 0 Å². The molecule has 0 aliphatic carbocycles. The van der Waals surface area contributed by atoms with Crippen molar-refractivity contribution in [1.82, 2.24) is 14.8 Å². The number of alkyl halides is 3. The molecule has 2 N–H and O–H groups in total. The number of nitrogens with zero attached hydrogens (tertiary/aromatic N) is 4. The molecule has 3 heterocycles. The van der Waals surface area contributed by atoms with E-state index in [1.807, 2.05) is 0 Å². The van der Waals surface area contributed by atoms with Gasteiger partial charge >= 0.3 is 12.3 Å². The van der Waals surface area contributed by atoms with Crippen LogP contribution in [0.1, 0.15) is 24.5 Å². The quantitative estimate of drug-likeness (QED) is 0.513. The Hall–Kier alpha value is -3.67. The van der Waals surface area contributed by atoms with Gasteiger partial charge in [0, 0.05) is 35.1 Å². The van der Waals surface area contributed by atoms with Crippen LogP contribution in [-0.2, 0) is 19.1 Å². The third-order valence-electron chi connectivity index (χ3n) is 5.56. The summed E-state index contributed by atoms with van der Waals surface area (Å²) < 4.78 is 60.5. The summed E-state index contributed by atoms with van der Waals surface area (Å²) in [6.45, 7) is 1.82. The highest BCUT2D eigenvalue weighted by Crippen LogP contribution is 2.45. The smallest absolute Gasteiger partial charge is 0.417 e. The summed E-state index contributed by atoms with van der Waals surface area (Å²) >= 11 is 0. The summed E-state index contributed by atoms with van der Waals surface area (Å²) in [5.41, 5.74) is 0.473. The number of carboxylic acid groups (broad SMARTS) is 1. The van der Waals surface area contributed by atoms with Gasteiger partial charge in [-0.15, -0.1) is 0 Å². The highest BCUT2D eigenvalue weighted by molar-refractivity contribution is 5.91. The molecule has 0 saturated carbocycles. The van der Waals surface area contributed by atoms with Crippen LogP contribution in [0.2, 0.25) is 0 Å². The van der Waals surface area contributed by atoms with Crippen LogP contribution in [0.25, 0.3) is 11.1 Å². The predicted octanol–water partition coefficient (Wildman–Crippen LogP) is 4.71. The van der Waals surface area contributed by atoms with Gasteiger partial charge in [-0.05, 0) is 38.0 Å². The fourth-order valence-corrected chi connectivity index (χ4v) is 3.92. The molecule has 0 bridgehead atoms. The molecule has 2 aromatic heterocycles. The lowest BCUT2D eigenvalue weighted by Crippen LogP contribution is -2.41. The van der Waals surface area contributed by atoms with Gasteiger partial charge in [0.05, 0.1) is 30.6 Å². The zero-order valence-electron chi connectivity index (χ0n) is 17.9. The van der Waals surface area contributed by atoms with Crippen LogP contribution >= 0.6 is 0 Å². The van der Waals surface area contributed by atoms with E-state index in [-0.39, 0.29) is 24.9 Å². The number of aliphatic hydroxyl groups excluding tert-OH is 1. The number of fused-ring (bicyclic) bond motifs is 1. The minimum atomic E-state index is -4.77.